The molecule has 1 aliphatic heterocycles. The molecule has 0 unspecified atom stereocenters. The Hall–Kier alpha value is -3.29. The zero-order valence-corrected chi connectivity index (χ0v) is 13.2. The quantitative estimate of drug-likeness (QED) is 0.712. The number of fused-ring (bicyclic) bond motifs is 1. The molecule has 4 heterocycles. The van der Waals surface area contributed by atoms with E-state index in [0.717, 1.165) is 11.3 Å². The minimum atomic E-state index is -0.565. The third-order valence-electron chi connectivity index (χ3n) is 3.84. The molecular weight excluding hydrogens is 325 g/mol. The summed E-state index contributed by atoms with van der Waals surface area (Å²) in [5.74, 6) is 0.192. The van der Waals surface area contributed by atoms with Gasteiger partial charge in [-0.15, -0.1) is 0 Å². The van der Waals surface area contributed by atoms with E-state index in [1.807, 2.05) is 12.3 Å². The summed E-state index contributed by atoms with van der Waals surface area (Å²) in [4.78, 5) is 22.4. The van der Waals surface area contributed by atoms with Gasteiger partial charge in [0, 0.05) is 24.0 Å². The fourth-order valence-electron chi connectivity index (χ4n) is 2.67. The van der Waals surface area contributed by atoms with Gasteiger partial charge in [-0.05, 0) is 18.2 Å². The Bertz CT molecular complexity index is 895. The first kappa shape index (κ1) is 15.3. The Morgan fingerprint density at radius 3 is 2.80 bits per heavy atom. The first-order chi connectivity index (χ1) is 12.3. The monoisotopic (exact) mass is 339 g/mol. The first-order valence-corrected chi connectivity index (χ1v) is 7.72. The number of amides is 1. The van der Waals surface area contributed by atoms with Crippen molar-refractivity contribution in [3.63, 3.8) is 0 Å². The van der Waals surface area contributed by atoms with Crippen molar-refractivity contribution >= 4 is 11.6 Å². The van der Waals surface area contributed by atoms with Gasteiger partial charge in [0.25, 0.3) is 5.91 Å². The normalized spacial score (nSPS) is 13.2. The Labute approximate surface area is 142 Å². The molecule has 0 spiro atoms. The van der Waals surface area contributed by atoms with Gasteiger partial charge in [-0.3, -0.25) is 9.78 Å². The predicted molar refractivity (Wildman–Crippen MR) is 87.6 cm³/mol. The Morgan fingerprint density at radius 1 is 1.20 bits per heavy atom. The van der Waals surface area contributed by atoms with Crippen molar-refractivity contribution in [3.8, 4) is 11.6 Å². The van der Waals surface area contributed by atoms with Gasteiger partial charge in [0.2, 0.25) is 5.88 Å². The number of alkyl halides is 1. The molecule has 0 aromatic carbocycles. The van der Waals surface area contributed by atoms with Crippen LogP contribution in [0.15, 0.2) is 49.1 Å². The maximum absolute atomic E-state index is 12.6. The van der Waals surface area contributed by atoms with Crippen LogP contribution in [0.3, 0.4) is 0 Å². The number of hydrogen-bond donors (Lipinski definition) is 0. The number of carbonyl (C=O) groups excluding carboxylic acids is 1. The zero-order chi connectivity index (χ0) is 17.2. The van der Waals surface area contributed by atoms with Crippen LogP contribution in [-0.4, -0.2) is 38.9 Å². The lowest BCUT2D eigenvalue weighted by Crippen LogP contribution is -2.24. The van der Waals surface area contributed by atoms with Gasteiger partial charge in [0.15, 0.2) is 5.69 Å². The van der Waals surface area contributed by atoms with E-state index >= 15 is 0 Å². The lowest BCUT2D eigenvalue weighted by Gasteiger charge is -2.15. The van der Waals surface area contributed by atoms with Gasteiger partial charge in [-0.2, -0.15) is 5.10 Å². The predicted octanol–water partition coefficient (Wildman–Crippen LogP) is 2.17. The number of rotatable bonds is 5. The molecule has 0 fully saturated rings. The summed E-state index contributed by atoms with van der Waals surface area (Å²) in [5.41, 5.74) is 2.70. The van der Waals surface area contributed by atoms with Gasteiger partial charge < -0.3 is 9.64 Å². The number of hydrogen-bond acceptors (Lipinski definition) is 5. The van der Waals surface area contributed by atoms with Crippen molar-refractivity contribution < 1.29 is 13.9 Å². The molecule has 4 rings (SSSR count). The van der Waals surface area contributed by atoms with Crippen LogP contribution in [0, 0.1) is 0 Å². The molecule has 0 saturated carbocycles. The highest BCUT2D eigenvalue weighted by Crippen LogP contribution is 2.27. The zero-order valence-electron chi connectivity index (χ0n) is 13.2. The van der Waals surface area contributed by atoms with Crippen LogP contribution in [0.2, 0.25) is 0 Å². The summed E-state index contributed by atoms with van der Waals surface area (Å²) >= 11 is 0. The molecule has 25 heavy (non-hydrogen) atoms. The Morgan fingerprint density at radius 2 is 2.12 bits per heavy atom. The topological polar surface area (TPSA) is 73.1 Å². The summed E-state index contributed by atoms with van der Waals surface area (Å²) < 4.78 is 18.8. The standard InChI is InChI=1S/C17H14FN5O2/c18-5-7-25-15-4-3-14(9-20-15)23-11-12-10-22(17(24)16(12)21-23)13-2-1-6-19-8-13/h1-4,6,8-9,11H,5,7,10H2. The molecule has 0 aliphatic carbocycles. The van der Waals surface area contributed by atoms with E-state index in [2.05, 4.69) is 15.1 Å². The second kappa shape index (κ2) is 6.31. The smallest absolute Gasteiger partial charge is 0.279 e. The number of pyridine rings is 2. The van der Waals surface area contributed by atoms with Crippen LogP contribution >= 0.6 is 0 Å². The summed E-state index contributed by atoms with van der Waals surface area (Å²) in [5, 5.41) is 4.37. The molecule has 1 amide bonds. The van der Waals surface area contributed by atoms with Gasteiger partial charge in [0.1, 0.15) is 13.3 Å². The lowest BCUT2D eigenvalue weighted by atomic mass is 10.3. The van der Waals surface area contributed by atoms with Crippen LogP contribution in [0.25, 0.3) is 5.69 Å². The second-order valence-electron chi connectivity index (χ2n) is 5.44. The fourth-order valence-corrected chi connectivity index (χ4v) is 2.67. The van der Waals surface area contributed by atoms with Crippen molar-refractivity contribution in [2.24, 2.45) is 0 Å². The van der Waals surface area contributed by atoms with E-state index in [4.69, 9.17) is 4.74 Å². The minimum absolute atomic E-state index is 0.0267. The van der Waals surface area contributed by atoms with Crippen molar-refractivity contribution in [3.05, 3.63) is 60.3 Å². The number of ether oxygens (including phenoxy) is 1. The van der Waals surface area contributed by atoms with Crippen molar-refractivity contribution in [1.82, 2.24) is 19.7 Å². The van der Waals surface area contributed by atoms with E-state index < -0.39 is 6.67 Å². The van der Waals surface area contributed by atoms with Crippen molar-refractivity contribution in [2.75, 3.05) is 18.2 Å². The third kappa shape index (κ3) is 2.82. The molecule has 7 nitrogen and oxygen atoms in total. The van der Waals surface area contributed by atoms with Crippen molar-refractivity contribution in [2.45, 2.75) is 6.54 Å². The molecule has 3 aromatic heterocycles. The van der Waals surface area contributed by atoms with E-state index in [0.29, 0.717) is 23.8 Å². The molecule has 0 saturated heterocycles. The maximum Gasteiger partial charge on any atom is 0.279 e. The molecule has 0 N–H and O–H groups in total. The summed E-state index contributed by atoms with van der Waals surface area (Å²) in [6.07, 6.45) is 6.69. The van der Waals surface area contributed by atoms with E-state index in [9.17, 15) is 9.18 Å². The fraction of sp³-hybridized carbons (Fsp3) is 0.176. The van der Waals surface area contributed by atoms with Crippen molar-refractivity contribution in [1.29, 1.82) is 0 Å². The number of carbonyl (C=O) groups is 1. The van der Waals surface area contributed by atoms with Gasteiger partial charge in [-0.1, -0.05) is 0 Å². The van der Waals surface area contributed by atoms with Crippen LogP contribution in [0.5, 0.6) is 5.88 Å². The SMILES string of the molecule is O=C1c2nn(-c3ccc(OCCF)nc3)cc2CN1c1cccnc1. The third-order valence-corrected chi connectivity index (χ3v) is 3.84. The molecule has 0 bridgehead atoms. The highest BCUT2D eigenvalue weighted by Gasteiger charge is 2.32. The molecular formula is C17H14FN5O2. The van der Waals surface area contributed by atoms with E-state index in [1.54, 1.807) is 46.4 Å². The number of halogens is 1. The van der Waals surface area contributed by atoms with Crippen LogP contribution < -0.4 is 9.64 Å². The Balaban J connectivity index is 1.55. The summed E-state index contributed by atoms with van der Waals surface area (Å²) in [6.45, 7) is -0.142. The van der Waals surface area contributed by atoms with Crippen LogP contribution in [-0.2, 0) is 6.54 Å². The number of aromatic nitrogens is 4. The second-order valence-corrected chi connectivity index (χ2v) is 5.44. The van der Waals surface area contributed by atoms with Gasteiger partial charge >= 0.3 is 0 Å². The average molecular weight is 339 g/mol. The summed E-state index contributed by atoms with van der Waals surface area (Å²) in [6, 6.07) is 7.02. The first-order valence-electron chi connectivity index (χ1n) is 7.72. The molecule has 3 aromatic rings. The van der Waals surface area contributed by atoms with Crippen LogP contribution in [0.4, 0.5) is 10.1 Å². The highest BCUT2D eigenvalue weighted by atomic mass is 19.1. The molecule has 8 heteroatoms. The molecule has 1 aliphatic rings. The van der Waals surface area contributed by atoms with Gasteiger partial charge in [0.05, 0.1) is 30.3 Å². The molecule has 0 atom stereocenters. The average Bonchev–Trinajstić information content (AvgIpc) is 3.21. The largest absolute Gasteiger partial charge is 0.475 e. The molecule has 126 valence electrons. The van der Waals surface area contributed by atoms with Crippen LogP contribution in [0.1, 0.15) is 16.1 Å². The van der Waals surface area contributed by atoms with Gasteiger partial charge in [-0.25, -0.2) is 14.1 Å². The minimum Gasteiger partial charge on any atom is -0.475 e. The summed E-state index contributed by atoms with van der Waals surface area (Å²) in [7, 11) is 0. The molecule has 0 radical (unpaired) electrons. The van der Waals surface area contributed by atoms with E-state index in [-0.39, 0.29) is 12.5 Å². The number of anilines is 1. The Kier molecular flexibility index (Phi) is 3.85. The van der Waals surface area contributed by atoms with E-state index in [1.165, 1.54) is 0 Å². The highest BCUT2D eigenvalue weighted by molar-refractivity contribution is 6.08. The lowest BCUT2D eigenvalue weighted by molar-refractivity contribution is 0.0991. The maximum atomic E-state index is 12.6. The number of nitrogens with zero attached hydrogens (tertiary/aromatic N) is 5.